The van der Waals surface area contributed by atoms with E-state index in [-0.39, 0.29) is 17.0 Å². The van der Waals surface area contributed by atoms with Crippen molar-refractivity contribution in [2.24, 2.45) is 0 Å². The third kappa shape index (κ3) is 4.00. The molecule has 0 aromatic heterocycles. The summed E-state index contributed by atoms with van der Waals surface area (Å²) in [5, 5.41) is 9.24. The average Bonchev–Trinajstić information content (AvgIpc) is 2.72. The molecule has 1 saturated heterocycles. The molecule has 120 valence electrons. The summed E-state index contributed by atoms with van der Waals surface area (Å²) in [6.07, 6.45) is 3.06. The Kier molecular flexibility index (Phi) is 5.83. The van der Waals surface area contributed by atoms with Crippen LogP contribution in [-0.2, 0) is 0 Å². The second kappa shape index (κ2) is 7.63. The highest BCUT2D eigenvalue weighted by molar-refractivity contribution is 7.99. The van der Waals surface area contributed by atoms with Gasteiger partial charge in [-0.3, -0.25) is 4.79 Å². The lowest BCUT2D eigenvalue weighted by atomic mass is 10.1. The molecule has 1 atom stereocenters. The number of nitrogens with zero attached hydrogens (tertiary/aromatic N) is 1. The van der Waals surface area contributed by atoms with Gasteiger partial charge in [-0.15, -0.1) is 0 Å². The molecule has 1 aliphatic heterocycles. The van der Waals surface area contributed by atoms with E-state index in [0.717, 1.165) is 31.1 Å². The number of carbonyl (C=O) groups is 2. The van der Waals surface area contributed by atoms with Crippen molar-refractivity contribution < 1.29 is 19.1 Å². The molecule has 4 nitrogen and oxygen atoms in total. The van der Waals surface area contributed by atoms with E-state index < -0.39 is 11.8 Å². The standard InChI is InChI=1S/C16H20FNO3S/c1-2-22-12-5-3-4-8-18(10-12)15(19)13-7-6-11(16(20)21)9-14(13)17/h6-7,9,12H,2-5,8,10H2,1H3,(H,20,21). The molecule has 1 heterocycles. The number of likely N-dealkylation sites (tertiary alicyclic amines) is 1. The van der Waals surface area contributed by atoms with Gasteiger partial charge in [0.1, 0.15) is 5.82 Å². The molecule has 1 aromatic carbocycles. The highest BCUT2D eigenvalue weighted by Gasteiger charge is 2.25. The maximum Gasteiger partial charge on any atom is 0.335 e. The Labute approximate surface area is 133 Å². The zero-order valence-electron chi connectivity index (χ0n) is 12.5. The third-order valence-corrected chi connectivity index (χ3v) is 4.95. The second-order valence-electron chi connectivity index (χ2n) is 5.32. The fraction of sp³-hybridized carbons (Fsp3) is 0.500. The van der Waals surface area contributed by atoms with E-state index in [1.807, 2.05) is 11.8 Å². The van der Waals surface area contributed by atoms with Gasteiger partial charge in [-0.25, -0.2) is 9.18 Å². The Morgan fingerprint density at radius 1 is 1.41 bits per heavy atom. The zero-order valence-corrected chi connectivity index (χ0v) is 13.4. The van der Waals surface area contributed by atoms with Crippen LogP contribution in [0.2, 0.25) is 0 Å². The molecule has 1 fully saturated rings. The summed E-state index contributed by atoms with van der Waals surface area (Å²) in [5.41, 5.74) is -0.198. The topological polar surface area (TPSA) is 57.6 Å². The first-order chi connectivity index (χ1) is 10.5. The summed E-state index contributed by atoms with van der Waals surface area (Å²) in [6, 6.07) is 3.45. The molecule has 0 aliphatic carbocycles. The lowest BCUT2D eigenvalue weighted by Crippen LogP contribution is -2.36. The van der Waals surface area contributed by atoms with E-state index >= 15 is 0 Å². The number of benzene rings is 1. The fourth-order valence-electron chi connectivity index (χ4n) is 2.65. The number of thioether (sulfide) groups is 1. The van der Waals surface area contributed by atoms with Gasteiger partial charge in [0.2, 0.25) is 0 Å². The first-order valence-corrected chi connectivity index (χ1v) is 8.51. The predicted molar refractivity (Wildman–Crippen MR) is 85.0 cm³/mol. The third-order valence-electron chi connectivity index (χ3n) is 3.76. The molecule has 6 heteroatoms. The molecular formula is C16H20FNO3S. The highest BCUT2D eigenvalue weighted by Crippen LogP contribution is 2.23. The number of hydrogen-bond donors (Lipinski definition) is 1. The number of halogens is 1. The smallest absolute Gasteiger partial charge is 0.335 e. The number of carbonyl (C=O) groups excluding carboxylic acids is 1. The van der Waals surface area contributed by atoms with Crippen LogP contribution in [0.25, 0.3) is 0 Å². The van der Waals surface area contributed by atoms with Crippen LogP contribution in [0.1, 0.15) is 46.9 Å². The van der Waals surface area contributed by atoms with Gasteiger partial charge in [0, 0.05) is 18.3 Å². The van der Waals surface area contributed by atoms with Gasteiger partial charge in [-0.05, 0) is 36.8 Å². The number of rotatable bonds is 4. The molecule has 22 heavy (non-hydrogen) atoms. The zero-order chi connectivity index (χ0) is 16.1. The van der Waals surface area contributed by atoms with Crippen LogP contribution < -0.4 is 0 Å². The monoisotopic (exact) mass is 325 g/mol. The minimum Gasteiger partial charge on any atom is -0.478 e. The summed E-state index contributed by atoms with van der Waals surface area (Å²) in [7, 11) is 0. The minimum atomic E-state index is -1.20. The lowest BCUT2D eigenvalue weighted by molar-refractivity contribution is 0.0693. The van der Waals surface area contributed by atoms with E-state index in [0.29, 0.717) is 18.3 Å². The van der Waals surface area contributed by atoms with Gasteiger partial charge < -0.3 is 10.0 Å². The van der Waals surface area contributed by atoms with E-state index in [1.165, 1.54) is 12.1 Å². The fourth-order valence-corrected chi connectivity index (χ4v) is 3.74. The highest BCUT2D eigenvalue weighted by atomic mass is 32.2. The molecule has 1 aliphatic rings. The summed E-state index contributed by atoms with van der Waals surface area (Å²) in [5.74, 6) is -1.33. The van der Waals surface area contributed by atoms with Crippen molar-refractivity contribution in [3.8, 4) is 0 Å². The van der Waals surface area contributed by atoms with Gasteiger partial charge in [0.05, 0.1) is 11.1 Å². The summed E-state index contributed by atoms with van der Waals surface area (Å²) in [4.78, 5) is 25.1. The molecule has 1 amide bonds. The number of hydrogen-bond acceptors (Lipinski definition) is 3. The predicted octanol–water partition coefficient (Wildman–Crippen LogP) is 3.27. The quantitative estimate of drug-likeness (QED) is 0.923. The first kappa shape index (κ1) is 16.8. The maximum atomic E-state index is 14.0. The van der Waals surface area contributed by atoms with Crippen LogP contribution in [0, 0.1) is 5.82 Å². The van der Waals surface area contributed by atoms with E-state index in [4.69, 9.17) is 5.11 Å². The Balaban J connectivity index is 2.17. The van der Waals surface area contributed by atoms with Crippen molar-refractivity contribution in [1.82, 2.24) is 4.90 Å². The van der Waals surface area contributed by atoms with Crippen LogP contribution in [0.4, 0.5) is 4.39 Å². The van der Waals surface area contributed by atoms with Crippen molar-refractivity contribution in [1.29, 1.82) is 0 Å². The summed E-state index contributed by atoms with van der Waals surface area (Å²) in [6.45, 7) is 3.34. The molecule has 1 aromatic rings. The normalized spacial score (nSPS) is 18.8. The Bertz CT molecular complexity index is 564. The molecule has 0 spiro atoms. The summed E-state index contributed by atoms with van der Waals surface area (Å²) >= 11 is 1.83. The number of carboxylic acid groups (broad SMARTS) is 1. The van der Waals surface area contributed by atoms with Gasteiger partial charge >= 0.3 is 5.97 Å². The van der Waals surface area contributed by atoms with Crippen LogP contribution >= 0.6 is 11.8 Å². The van der Waals surface area contributed by atoms with Crippen molar-refractivity contribution in [2.75, 3.05) is 18.8 Å². The van der Waals surface area contributed by atoms with Crippen LogP contribution in [0.5, 0.6) is 0 Å². The van der Waals surface area contributed by atoms with Gasteiger partial charge in [0.15, 0.2) is 0 Å². The number of carboxylic acids is 1. The largest absolute Gasteiger partial charge is 0.478 e. The van der Waals surface area contributed by atoms with E-state index in [1.54, 1.807) is 4.90 Å². The molecule has 0 bridgehead atoms. The minimum absolute atomic E-state index is 0.0489. The Morgan fingerprint density at radius 3 is 2.82 bits per heavy atom. The van der Waals surface area contributed by atoms with Crippen molar-refractivity contribution in [3.63, 3.8) is 0 Å². The SMILES string of the molecule is CCSC1CCCCN(C(=O)c2ccc(C(=O)O)cc2F)C1. The number of aromatic carboxylic acids is 1. The molecule has 1 N–H and O–H groups in total. The average molecular weight is 325 g/mol. The molecule has 2 rings (SSSR count). The first-order valence-electron chi connectivity index (χ1n) is 7.46. The lowest BCUT2D eigenvalue weighted by Gasteiger charge is -2.24. The van der Waals surface area contributed by atoms with Crippen LogP contribution in [0.3, 0.4) is 0 Å². The molecular weight excluding hydrogens is 305 g/mol. The Hall–Kier alpha value is -1.56. The van der Waals surface area contributed by atoms with Crippen LogP contribution in [-0.4, -0.2) is 46.0 Å². The van der Waals surface area contributed by atoms with Crippen molar-refractivity contribution in [2.45, 2.75) is 31.4 Å². The van der Waals surface area contributed by atoms with Gasteiger partial charge in [-0.2, -0.15) is 11.8 Å². The van der Waals surface area contributed by atoms with E-state index in [2.05, 4.69) is 6.92 Å². The van der Waals surface area contributed by atoms with Crippen LogP contribution in [0.15, 0.2) is 18.2 Å². The molecule has 0 saturated carbocycles. The Morgan fingerprint density at radius 2 is 2.18 bits per heavy atom. The summed E-state index contributed by atoms with van der Waals surface area (Å²) < 4.78 is 14.0. The van der Waals surface area contributed by atoms with E-state index in [9.17, 15) is 14.0 Å². The van der Waals surface area contributed by atoms with Gasteiger partial charge in [0.25, 0.3) is 5.91 Å². The van der Waals surface area contributed by atoms with Crippen molar-refractivity contribution >= 4 is 23.6 Å². The maximum absolute atomic E-state index is 14.0. The molecule has 0 radical (unpaired) electrons. The second-order valence-corrected chi connectivity index (χ2v) is 6.90. The molecule has 1 unspecified atom stereocenters. The van der Waals surface area contributed by atoms with Crippen molar-refractivity contribution in [3.05, 3.63) is 35.1 Å². The van der Waals surface area contributed by atoms with Gasteiger partial charge in [-0.1, -0.05) is 13.3 Å². The number of amides is 1.